The number of Topliss-reactive ketones (excluding diaryl/α,β-unsaturated/α-hetero) is 1. The molecule has 0 atom stereocenters. The molecule has 0 aromatic heterocycles. The van der Waals surface area contributed by atoms with Crippen LogP contribution in [0.4, 0.5) is 4.79 Å². The number of urea groups is 1. The standard InChI is InChI=1S/C23H35N3O2/c1-5-16-26-21(28)25(17-20(27)6-2)18-22(26)12-14-23(15-13-22,24(3)4)19-10-8-7-9-11-19/h7-11H,5-6,12-18H2,1-4H3. The van der Waals surface area contributed by atoms with Gasteiger partial charge in [-0.15, -0.1) is 0 Å². The Morgan fingerprint density at radius 3 is 2.25 bits per heavy atom. The summed E-state index contributed by atoms with van der Waals surface area (Å²) in [4.78, 5) is 31.3. The topological polar surface area (TPSA) is 43.9 Å². The number of hydrogen-bond acceptors (Lipinski definition) is 3. The third kappa shape index (κ3) is 3.57. The molecule has 0 radical (unpaired) electrons. The molecule has 2 fully saturated rings. The van der Waals surface area contributed by atoms with Crippen LogP contribution in [-0.4, -0.2) is 65.8 Å². The van der Waals surface area contributed by atoms with Crippen LogP contribution in [0, 0.1) is 0 Å². The zero-order valence-corrected chi connectivity index (χ0v) is 17.9. The molecule has 28 heavy (non-hydrogen) atoms. The molecule has 3 rings (SSSR count). The van der Waals surface area contributed by atoms with Gasteiger partial charge in [0.05, 0.1) is 12.1 Å². The van der Waals surface area contributed by atoms with Gasteiger partial charge in [0.1, 0.15) is 0 Å². The maximum Gasteiger partial charge on any atom is 0.321 e. The maximum atomic E-state index is 13.1. The Bertz CT molecular complexity index is 693. The van der Waals surface area contributed by atoms with Crippen LogP contribution in [0.1, 0.15) is 57.9 Å². The average Bonchev–Trinajstić information content (AvgIpc) is 2.95. The highest BCUT2D eigenvalue weighted by Gasteiger charge is 2.54. The lowest BCUT2D eigenvalue weighted by atomic mass is 9.68. The zero-order chi connectivity index (χ0) is 20.4. The van der Waals surface area contributed by atoms with Crippen molar-refractivity contribution in [2.24, 2.45) is 0 Å². The average molecular weight is 386 g/mol. The third-order valence-corrected chi connectivity index (χ3v) is 6.94. The predicted octanol–water partition coefficient (Wildman–Crippen LogP) is 3.88. The summed E-state index contributed by atoms with van der Waals surface area (Å²) in [6.45, 7) is 5.72. The number of rotatable bonds is 7. The van der Waals surface area contributed by atoms with Gasteiger partial charge in [-0.1, -0.05) is 44.2 Å². The lowest BCUT2D eigenvalue weighted by Gasteiger charge is -2.51. The van der Waals surface area contributed by atoms with Crippen molar-refractivity contribution >= 4 is 11.8 Å². The van der Waals surface area contributed by atoms with Crippen molar-refractivity contribution in [3.63, 3.8) is 0 Å². The molecule has 2 aliphatic rings. The summed E-state index contributed by atoms with van der Waals surface area (Å²) in [5.41, 5.74) is 1.24. The second-order valence-corrected chi connectivity index (χ2v) is 8.70. The molecular weight excluding hydrogens is 350 g/mol. The van der Waals surface area contributed by atoms with Gasteiger partial charge in [-0.25, -0.2) is 4.79 Å². The summed E-state index contributed by atoms with van der Waals surface area (Å²) in [5.74, 6) is 0.143. The Hall–Kier alpha value is -1.88. The van der Waals surface area contributed by atoms with Gasteiger partial charge in [0, 0.05) is 25.0 Å². The molecule has 2 amide bonds. The van der Waals surface area contributed by atoms with Crippen LogP contribution in [0.15, 0.2) is 30.3 Å². The maximum absolute atomic E-state index is 13.1. The van der Waals surface area contributed by atoms with E-state index in [0.717, 1.165) is 38.6 Å². The summed E-state index contributed by atoms with van der Waals surface area (Å²) in [5, 5.41) is 0. The van der Waals surface area contributed by atoms with Gasteiger partial charge in [0.25, 0.3) is 0 Å². The molecule has 1 saturated heterocycles. The van der Waals surface area contributed by atoms with Gasteiger partial charge in [-0.3, -0.25) is 9.69 Å². The number of hydrogen-bond donors (Lipinski definition) is 0. The van der Waals surface area contributed by atoms with E-state index in [4.69, 9.17) is 0 Å². The van der Waals surface area contributed by atoms with Gasteiger partial charge in [-0.2, -0.15) is 0 Å². The van der Waals surface area contributed by atoms with E-state index in [9.17, 15) is 9.59 Å². The Balaban J connectivity index is 1.85. The van der Waals surface area contributed by atoms with Gasteiger partial charge in [0.15, 0.2) is 5.78 Å². The highest BCUT2D eigenvalue weighted by atomic mass is 16.2. The monoisotopic (exact) mass is 385 g/mol. The van der Waals surface area contributed by atoms with Crippen molar-refractivity contribution in [1.82, 2.24) is 14.7 Å². The first-order valence-corrected chi connectivity index (χ1v) is 10.7. The molecule has 1 aromatic rings. The first-order chi connectivity index (χ1) is 13.4. The van der Waals surface area contributed by atoms with Crippen LogP contribution >= 0.6 is 0 Å². The number of carbonyl (C=O) groups excluding carboxylic acids is 2. The molecule has 5 nitrogen and oxygen atoms in total. The smallest absolute Gasteiger partial charge is 0.317 e. The quantitative estimate of drug-likeness (QED) is 0.715. The van der Waals surface area contributed by atoms with E-state index in [1.807, 2.05) is 6.92 Å². The predicted molar refractivity (Wildman–Crippen MR) is 112 cm³/mol. The minimum Gasteiger partial charge on any atom is -0.317 e. The number of benzene rings is 1. The van der Waals surface area contributed by atoms with E-state index in [0.29, 0.717) is 13.0 Å². The number of carbonyl (C=O) groups is 2. The third-order valence-electron chi connectivity index (χ3n) is 6.94. The van der Waals surface area contributed by atoms with Crippen molar-refractivity contribution in [2.45, 2.75) is 63.5 Å². The minimum atomic E-state index is -0.130. The Morgan fingerprint density at radius 2 is 1.71 bits per heavy atom. The molecule has 1 aromatic carbocycles. The summed E-state index contributed by atoms with van der Waals surface area (Å²) in [6, 6.07) is 10.8. The molecule has 1 aliphatic carbocycles. The minimum absolute atomic E-state index is 0.0140. The van der Waals surface area contributed by atoms with E-state index in [1.165, 1.54) is 5.56 Å². The van der Waals surface area contributed by atoms with Crippen LogP contribution in [0.2, 0.25) is 0 Å². The molecule has 1 aliphatic heterocycles. The normalized spacial score (nSPS) is 27.8. The summed E-state index contributed by atoms with van der Waals surface area (Å²) >= 11 is 0. The highest BCUT2D eigenvalue weighted by molar-refractivity contribution is 5.87. The number of ketones is 1. The molecular formula is C23H35N3O2. The number of amides is 2. The van der Waals surface area contributed by atoms with Gasteiger partial charge in [-0.05, 0) is 51.8 Å². The van der Waals surface area contributed by atoms with E-state index >= 15 is 0 Å². The van der Waals surface area contributed by atoms with E-state index < -0.39 is 0 Å². The summed E-state index contributed by atoms with van der Waals surface area (Å²) < 4.78 is 0. The Morgan fingerprint density at radius 1 is 1.07 bits per heavy atom. The van der Waals surface area contributed by atoms with E-state index in [-0.39, 0.29) is 29.4 Å². The molecule has 0 N–H and O–H groups in total. The van der Waals surface area contributed by atoms with Crippen molar-refractivity contribution in [2.75, 3.05) is 33.7 Å². The lowest BCUT2D eigenvalue weighted by Crippen LogP contribution is -2.55. The van der Waals surface area contributed by atoms with Crippen LogP contribution in [0.5, 0.6) is 0 Å². The molecule has 154 valence electrons. The molecule has 1 saturated carbocycles. The zero-order valence-electron chi connectivity index (χ0n) is 17.9. The molecule has 1 spiro atoms. The Kier molecular flexibility index (Phi) is 6.13. The van der Waals surface area contributed by atoms with Gasteiger partial charge < -0.3 is 9.80 Å². The molecule has 0 unspecified atom stereocenters. The first-order valence-electron chi connectivity index (χ1n) is 10.7. The van der Waals surface area contributed by atoms with Crippen molar-refractivity contribution < 1.29 is 9.59 Å². The second-order valence-electron chi connectivity index (χ2n) is 8.70. The summed E-state index contributed by atoms with van der Waals surface area (Å²) in [6.07, 6.45) is 5.42. The lowest BCUT2D eigenvalue weighted by molar-refractivity contribution is -0.119. The van der Waals surface area contributed by atoms with Gasteiger partial charge >= 0.3 is 6.03 Å². The van der Waals surface area contributed by atoms with Gasteiger partial charge in [0.2, 0.25) is 0 Å². The van der Waals surface area contributed by atoms with Crippen LogP contribution in [0.25, 0.3) is 0 Å². The SMILES string of the molecule is CCCN1C(=O)N(CC(=O)CC)CC12CCC(c1ccccc1)(N(C)C)CC2. The first kappa shape index (κ1) is 20.8. The fourth-order valence-corrected chi connectivity index (χ4v) is 5.19. The van der Waals surface area contributed by atoms with Crippen LogP contribution in [-0.2, 0) is 10.3 Å². The molecule has 0 bridgehead atoms. The Labute approximate surface area is 169 Å². The molecule has 5 heteroatoms. The fourth-order valence-electron chi connectivity index (χ4n) is 5.19. The largest absolute Gasteiger partial charge is 0.321 e. The number of nitrogens with zero attached hydrogens (tertiary/aromatic N) is 3. The van der Waals surface area contributed by atoms with Crippen molar-refractivity contribution in [3.05, 3.63) is 35.9 Å². The fraction of sp³-hybridized carbons (Fsp3) is 0.652. The molecule has 1 heterocycles. The van der Waals surface area contributed by atoms with Crippen LogP contribution in [0.3, 0.4) is 0 Å². The summed E-state index contributed by atoms with van der Waals surface area (Å²) in [7, 11) is 4.33. The second kappa shape index (κ2) is 8.24. The van der Waals surface area contributed by atoms with E-state index in [2.05, 4.69) is 61.2 Å². The van der Waals surface area contributed by atoms with Crippen molar-refractivity contribution in [1.29, 1.82) is 0 Å². The highest BCUT2D eigenvalue weighted by Crippen LogP contribution is 2.48. The van der Waals surface area contributed by atoms with E-state index in [1.54, 1.807) is 4.90 Å². The van der Waals surface area contributed by atoms with Crippen LogP contribution < -0.4 is 0 Å². The van der Waals surface area contributed by atoms with Crippen molar-refractivity contribution in [3.8, 4) is 0 Å².